The van der Waals surface area contributed by atoms with Gasteiger partial charge in [0.25, 0.3) is 0 Å². The van der Waals surface area contributed by atoms with Gasteiger partial charge in [-0.2, -0.15) is 0 Å². The lowest BCUT2D eigenvalue weighted by Gasteiger charge is -2.08. The Hall–Kier alpha value is -0.0400. The molecular formula is C10H23N. The van der Waals surface area contributed by atoms with E-state index in [0.717, 1.165) is 18.5 Å². The number of rotatable bonds is 2. The van der Waals surface area contributed by atoms with Gasteiger partial charge in [0.2, 0.25) is 0 Å². The van der Waals surface area contributed by atoms with E-state index in [9.17, 15) is 0 Å². The molecule has 1 heteroatoms. The number of nitrogens with one attached hydrogen (secondary N) is 1. The standard InChI is InChI=1S/C8H17N.C2H6/c1-3-9-8-5-4-7(2)6-8;1-2/h7-9H,3-6H2,1-2H3;1-2H3. The third kappa shape index (κ3) is 4.41. The second kappa shape index (κ2) is 6.66. The van der Waals surface area contributed by atoms with Crippen molar-refractivity contribution >= 4 is 0 Å². The van der Waals surface area contributed by atoms with Crippen molar-refractivity contribution in [3.8, 4) is 0 Å². The normalized spacial score (nSPS) is 29.5. The summed E-state index contributed by atoms with van der Waals surface area (Å²) < 4.78 is 0. The third-order valence-corrected chi connectivity index (χ3v) is 2.19. The van der Waals surface area contributed by atoms with Crippen molar-refractivity contribution in [2.24, 2.45) is 5.92 Å². The second-order valence-electron chi connectivity index (χ2n) is 3.17. The summed E-state index contributed by atoms with van der Waals surface area (Å²) in [5, 5.41) is 3.47. The van der Waals surface area contributed by atoms with Crippen molar-refractivity contribution in [2.45, 2.75) is 53.0 Å². The maximum Gasteiger partial charge on any atom is 0.00695 e. The van der Waals surface area contributed by atoms with Gasteiger partial charge < -0.3 is 5.32 Å². The first kappa shape index (κ1) is 11.0. The first-order valence-electron chi connectivity index (χ1n) is 5.06. The molecule has 0 aromatic carbocycles. The van der Waals surface area contributed by atoms with Gasteiger partial charge in [-0.1, -0.05) is 27.7 Å². The highest BCUT2D eigenvalue weighted by Crippen LogP contribution is 2.24. The van der Waals surface area contributed by atoms with Gasteiger partial charge >= 0.3 is 0 Å². The van der Waals surface area contributed by atoms with E-state index in [1.54, 1.807) is 0 Å². The van der Waals surface area contributed by atoms with E-state index in [1.165, 1.54) is 19.3 Å². The molecular weight excluding hydrogens is 134 g/mol. The maximum atomic E-state index is 3.47. The van der Waals surface area contributed by atoms with E-state index in [1.807, 2.05) is 13.8 Å². The van der Waals surface area contributed by atoms with Gasteiger partial charge in [-0.25, -0.2) is 0 Å². The summed E-state index contributed by atoms with van der Waals surface area (Å²) in [5.41, 5.74) is 0. The third-order valence-electron chi connectivity index (χ3n) is 2.19. The predicted octanol–water partition coefficient (Wildman–Crippen LogP) is 2.81. The lowest BCUT2D eigenvalue weighted by molar-refractivity contribution is 0.517. The van der Waals surface area contributed by atoms with E-state index in [-0.39, 0.29) is 0 Å². The van der Waals surface area contributed by atoms with Gasteiger partial charge in [0.15, 0.2) is 0 Å². The molecule has 0 aromatic heterocycles. The number of hydrogen-bond donors (Lipinski definition) is 1. The molecule has 1 saturated carbocycles. The zero-order chi connectivity index (χ0) is 8.69. The minimum Gasteiger partial charge on any atom is -0.314 e. The lowest BCUT2D eigenvalue weighted by Crippen LogP contribution is -2.25. The van der Waals surface area contributed by atoms with Crippen molar-refractivity contribution in [1.82, 2.24) is 5.32 Å². The quantitative estimate of drug-likeness (QED) is 0.650. The van der Waals surface area contributed by atoms with E-state index in [2.05, 4.69) is 19.2 Å². The minimum absolute atomic E-state index is 0.838. The van der Waals surface area contributed by atoms with Gasteiger partial charge in [0.1, 0.15) is 0 Å². The molecule has 11 heavy (non-hydrogen) atoms. The Morgan fingerprint density at radius 1 is 1.27 bits per heavy atom. The molecule has 0 bridgehead atoms. The van der Waals surface area contributed by atoms with Crippen LogP contribution in [0.4, 0.5) is 0 Å². The van der Waals surface area contributed by atoms with Crippen LogP contribution >= 0.6 is 0 Å². The van der Waals surface area contributed by atoms with Crippen molar-refractivity contribution in [1.29, 1.82) is 0 Å². The Morgan fingerprint density at radius 3 is 2.27 bits per heavy atom. The van der Waals surface area contributed by atoms with E-state index in [4.69, 9.17) is 0 Å². The van der Waals surface area contributed by atoms with Crippen molar-refractivity contribution in [2.75, 3.05) is 6.54 Å². The molecule has 0 aromatic rings. The summed E-state index contributed by atoms with van der Waals surface area (Å²) >= 11 is 0. The van der Waals surface area contributed by atoms with Crippen LogP contribution < -0.4 is 5.32 Å². The molecule has 0 radical (unpaired) electrons. The van der Waals surface area contributed by atoms with E-state index < -0.39 is 0 Å². The SMILES string of the molecule is CC.CCNC1CCC(C)C1. The summed E-state index contributed by atoms with van der Waals surface area (Å²) in [4.78, 5) is 0. The molecule has 1 rings (SSSR count). The monoisotopic (exact) mass is 157 g/mol. The van der Waals surface area contributed by atoms with Crippen molar-refractivity contribution < 1.29 is 0 Å². The Balaban J connectivity index is 0.000000461. The summed E-state index contributed by atoms with van der Waals surface area (Å²) in [6.07, 6.45) is 4.22. The van der Waals surface area contributed by atoms with Gasteiger partial charge in [-0.3, -0.25) is 0 Å². The molecule has 0 saturated heterocycles. The molecule has 1 nitrogen and oxygen atoms in total. The molecule has 0 spiro atoms. The van der Waals surface area contributed by atoms with Crippen LogP contribution in [-0.2, 0) is 0 Å². The Bertz CT molecular complexity index is 78.9. The number of hydrogen-bond acceptors (Lipinski definition) is 1. The smallest absolute Gasteiger partial charge is 0.00695 e. The fourth-order valence-electron chi connectivity index (χ4n) is 1.68. The van der Waals surface area contributed by atoms with Crippen LogP contribution in [0.1, 0.15) is 47.0 Å². The predicted molar refractivity (Wildman–Crippen MR) is 51.8 cm³/mol. The van der Waals surface area contributed by atoms with Crippen LogP contribution in [0.25, 0.3) is 0 Å². The molecule has 0 heterocycles. The average molecular weight is 157 g/mol. The highest BCUT2D eigenvalue weighted by Gasteiger charge is 2.19. The van der Waals surface area contributed by atoms with Crippen LogP contribution in [0.15, 0.2) is 0 Å². The summed E-state index contributed by atoms with van der Waals surface area (Å²) in [6.45, 7) is 9.66. The lowest BCUT2D eigenvalue weighted by atomic mass is 10.1. The molecule has 2 unspecified atom stereocenters. The maximum absolute atomic E-state index is 3.47. The molecule has 0 aliphatic heterocycles. The van der Waals surface area contributed by atoms with Gasteiger partial charge in [0, 0.05) is 6.04 Å². The highest BCUT2D eigenvalue weighted by atomic mass is 14.9. The summed E-state index contributed by atoms with van der Waals surface area (Å²) in [7, 11) is 0. The fraction of sp³-hybridized carbons (Fsp3) is 1.00. The molecule has 0 amide bonds. The van der Waals surface area contributed by atoms with Crippen LogP contribution in [0.5, 0.6) is 0 Å². The highest BCUT2D eigenvalue weighted by molar-refractivity contribution is 4.77. The topological polar surface area (TPSA) is 12.0 Å². The van der Waals surface area contributed by atoms with Crippen LogP contribution in [0, 0.1) is 5.92 Å². The first-order valence-corrected chi connectivity index (χ1v) is 5.06. The van der Waals surface area contributed by atoms with Gasteiger partial charge in [0.05, 0.1) is 0 Å². The minimum atomic E-state index is 0.838. The molecule has 1 aliphatic carbocycles. The first-order chi connectivity index (χ1) is 5.33. The van der Waals surface area contributed by atoms with E-state index >= 15 is 0 Å². The fourth-order valence-corrected chi connectivity index (χ4v) is 1.68. The van der Waals surface area contributed by atoms with Crippen molar-refractivity contribution in [3.63, 3.8) is 0 Å². The van der Waals surface area contributed by atoms with Crippen molar-refractivity contribution in [3.05, 3.63) is 0 Å². The molecule has 2 atom stereocenters. The second-order valence-corrected chi connectivity index (χ2v) is 3.17. The Labute approximate surface area is 71.6 Å². The Kier molecular flexibility index (Phi) is 6.63. The van der Waals surface area contributed by atoms with Gasteiger partial charge in [-0.05, 0) is 31.7 Å². The van der Waals surface area contributed by atoms with Crippen LogP contribution in [0.3, 0.4) is 0 Å². The molecule has 1 N–H and O–H groups in total. The summed E-state index contributed by atoms with van der Waals surface area (Å²) in [5.74, 6) is 0.967. The molecule has 1 fully saturated rings. The Morgan fingerprint density at radius 2 is 1.91 bits per heavy atom. The largest absolute Gasteiger partial charge is 0.314 e. The average Bonchev–Trinajstić information content (AvgIpc) is 2.41. The summed E-state index contributed by atoms with van der Waals surface area (Å²) in [6, 6.07) is 0.838. The molecule has 68 valence electrons. The zero-order valence-electron chi connectivity index (χ0n) is 8.48. The van der Waals surface area contributed by atoms with Crippen LogP contribution in [-0.4, -0.2) is 12.6 Å². The molecule has 1 aliphatic rings. The van der Waals surface area contributed by atoms with Crippen LogP contribution in [0.2, 0.25) is 0 Å². The van der Waals surface area contributed by atoms with Gasteiger partial charge in [-0.15, -0.1) is 0 Å². The zero-order valence-corrected chi connectivity index (χ0v) is 8.48. The van der Waals surface area contributed by atoms with E-state index in [0.29, 0.717) is 0 Å².